The molecule has 3 heteroatoms. The lowest BCUT2D eigenvalue weighted by Crippen LogP contribution is -2.36. The van der Waals surface area contributed by atoms with E-state index in [1.165, 1.54) is 12.0 Å². The molecule has 3 atom stereocenters. The van der Waals surface area contributed by atoms with E-state index in [0.29, 0.717) is 18.6 Å². The van der Waals surface area contributed by atoms with Gasteiger partial charge in [-0.1, -0.05) is 24.6 Å². The highest BCUT2D eigenvalue weighted by atomic mass is 16.5. The third kappa shape index (κ3) is 3.48. The Labute approximate surface area is 116 Å². The van der Waals surface area contributed by atoms with E-state index in [9.17, 15) is 5.11 Å². The van der Waals surface area contributed by atoms with Crippen molar-refractivity contribution < 1.29 is 9.84 Å². The van der Waals surface area contributed by atoms with Crippen molar-refractivity contribution >= 4 is 0 Å². The Hall–Kier alpha value is -1.06. The van der Waals surface area contributed by atoms with E-state index in [1.54, 1.807) is 0 Å². The molecule has 0 amide bonds. The zero-order valence-electron chi connectivity index (χ0n) is 11.9. The SMILES string of the molecule is CCOc1ccccc1C(C)NC1CCCC1CO. The van der Waals surface area contributed by atoms with Crippen LogP contribution >= 0.6 is 0 Å². The third-order valence-corrected chi connectivity index (χ3v) is 4.04. The fourth-order valence-electron chi connectivity index (χ4n) is 3.01. The quantitative estimate of drug-likeness (QED) is 0.829. The number of para-hydroxylation sites is 1. The van der Waals surface area contributed by atoms with Gasteiger partial charge in [0.25, 0.3) is 0 Å². The van der Waals surface area contributed by atoms with E-state index in [0.717, 1.165) is 18.6 Å². The average Bonchev–Trinajstić information content (AvgIpc) is 2.87. The summed E-state index contributed by atoms with van der Waals surface area (Å²) in [6.07, 6.45) is 3.50. The molecule has 0 radical (unpaired) electrons. The van der Waals surface area contributed by atoms with Crippen LogP contribution in [-0.4, -0.2) is 24.4 Å². The lowest BCUT2D eigenvalue weighted by Gasteiger charge is -2.25. The molecule has 1 fully saturated rings. The van der Waals surface area contributed by atoms with Crippen molar-refractivity contribution in [2.75, 3.05) is 13.2 Å². The molecule has 3 nitrogen and oxygen atoms in total. The second-order valence-electron chi connectivity index (χ2n) is 5.34. The lowest BCUT2D eigenvalue weighted by atomic mass is 10.0. The highest BCUT2D eigenvalue weighted by Crippen LogP contribution is 2.30. The Morgan fingerprint density at radius 3 is 2.89 bits per heavy atom. The maximum absolute atomic E-state index is 9.39. The van der Waals surface area contributed by atoms with Crippen LogP contribution in [0.3, 0.4) is 0 Å². The van der Waals surface area contributed by atoms with Crippen molar-refractivity contribution in [3.8, 4) is 5.75 Å². The molecule has 0 spiro atoms. The minimum absolute atomic E-state index is 0.250. The smallest absolute Gasteiger partial charge is 0.124 e. The molecule has 3 unspecified atom stereocenters. The zero-order valence-corrected chi connectivity index (χ0v) is 11.9. The summed E-state index contributed by atoms with van der Waals surface area (Å²) in [5.41, 5.74) is 1.20. The molecule has 1 aliphatic carbocycles. The highest BCUT2D eigenvalue weighted by Gasteiger charge is 2.28. The van der Waals surface area contributed by atoms with Gasteiger partial charge in [0, 0.05) is 24.3 Å². The Bertz CT molecular complexity index is 394. The predicted molar refractivity (Wildman–Crippen MR) is 77.4 cm³/mol. The van der Waals surface area contributed by atoms with E-state index >= 15 is 0 Å². The second-order valence-corrected chi connectivity index (χ2v) is 5.34. The number of hydrogen-bond donors (Lipinski definition) is 2. The van der Waals surface area contributed by atoms with Crippen LogP contribution in [0.15, 0.2) is 24.3 Å². The summed E-state index contributed by atoms with van der Waals surface area (Å²) < 4.78 is 5.69. The van der Waals surface area contributed by atoms with Crippen molar-refractivity contribution in [2.24, 2.45) is 5.92 Å². The van der Waals surface area contributed by atoms with Crippen LogP contribution < -0.4 is 10.1 Å². The monoisotopic (exact) mass is 263 g/mol. The van der Waals surface area contributed by atoms with Crippen LogP contribution in [-0.2, 0) is 0 Å². The van der Waals surface area contributed by atoms with Gasteiger partial charge in [0.05, 0.1) is 6.61 Å². The molecule has 19 heavy (non-hydrogen) atoms. The number of benzene rings is 1. The summed E-state index contributed by atoms with van der Waals surface area (Å²) in [6, 6.07) is 8.87. The molecule has 106 valence electrons. The summed E-state index contributed by atoms with van der Waals surface area (Å²) in [4.78, 5) is 0. The Kier molecular flexibility index (Phi) is 5.23. The molecule has 0 saturated heterocycles. The van der Waals surface area contributed by atoms with E-state index < -0.39 is 0 Å². The number of rotatable bonds is 6. The Morgan fingerprint density at radius 2 is 2.16 bits per heavy atom. The van der Waals surface area contributed by atoms with Gasteiger partial charge >= 0.3 is 0 Å². The number of nitrogens with one attached hydrogen (secondary N) is 1. The molecule has 0 aromatic heterocycles. The number of aliphatic hydroxyl groups excluding tert-OH is 1. The third-order valence-electron chi connectivity index (χ3n) is 4.04. The number of hydrogen-bond acceptors (Lipinski definition) is 3. The fourth-order valence-corrected chi connectivity index (χ4v) is 3.01. The summed E-state index contributed by atoms with van der Waals surface area (Å²) >= 11 is 0. The Morgan fingerprint density at radius 1 is 1.37 bits per heavy atom. The predicted octanol–water partition coefficient (Wildman–Crippen LogP) is 2.90. The summed E-state index contributed by atoms with van der Waals surface area (Å²) in [7, 11) is 0. The molecule has 0 bridgehead atoms. The van der Waals surface area contributed by atoms with Crippen molar-refractivity contribution in [1.29, 1.82) is 0 Å². The van der Waals surface area contributed by atoms with Crippen LogP contribution in [0.2, 0.25) is 0 Å². The first-order chi connectivity index (χ1) is 9.26. The molecule has 1 aliphatic rings. The van der Waals surface area contributed by atoms with Gasteiger partial charge in [-0.05, 0) is 38.7 Å². The van der Waals surface area contributed by atoms with Gasteiger partial charge in [0.1, 0.15) is 5.75 Å². The molecule has 1 saturated carbocycles. The Balaban J connectivity index is 2.05. The van der Waals surface area contributed by atoms with Gasteiger partial charge in [0.15, 0.2) is 0 Å². The first-order valence-electron chi connectivity index (χ1n) is 7.34. The van der Waals surface area contributed by atoms with Gasteiger partial charge in [-0.2, -0.15) is 0 Å². The normalized spacial score (nSPS) is 24.4. The lowest BCUT2D eigenvalue weighted by molar-refractivity contribution is 0.200. The van der Waals surface area contributed by atoms with Gasteiger partial charge in [-0.3, -0.25) is 0 Å². The minimum Gasteiger partial charge on any atom is -0.494 e. The van der Waals surface area contributed by atoms with Crippen molar-refractivity contribution in [1.82, 2.24) is 5.32 Å². The van der Waals surface area contributed by atoms with Crippen LogP contribution in [0, 0.1) is 5.92 Å². The highest BCUT2D eigenvalue weighted by molar-refractivity contribution is 5.35. The van der Waals surface area contributed by atoms with E-state index in [4.69, 9.17) is 4.74 Å². The van der Waals surface area contributed by atoms with Crippen molar-refractivity contribution in [3.63, 3.8) is 0 Å². The second kappa shape index (κ2) is 6.92. The minimum atomic E-state index is 0.250. The van der Waals surface area contributed by atoms with Crippen LogP contribution in [0.4, 0.5) is 0 Å². The average molecular weight is 263 g/mol. The maximum Gasteiger partial charge on any atom is 0.124 e. The number of ether oxygens (including phenoxy) is 1. The van der Waals surface area contributed by atoms with E-state index in [2.05, 4.69) is 18.3 Å². The first kappa shape index (κ1) is 14.4. The van der Waals surface area contributed by atoms with Crippen molar-refractivity contribution in [3.05, 3.63) is 29.8 Å². The number of aliphatic hydroxyl groups is 1. The maximum atomic E-state index is 9.39. The summed E-state index contributed by atoms with van der Waals surface area (Å²) in [5, 5.41) is 13.0. The van der Waals surface area contributed by atoms with Crippen molar-refractivity contribution in [2.45, 2.75) is 45.2 Å². The van der Waals surface area contributed by atoms with Gasteiger partial charge < -0.3 is 15.2 Å². The molecule has 2 N–H and O–H groups in total. The molecule has 1 aromatic carbocycles. The van der Waals surface area contributed by atoms with Gasteiger partial charge in [0.2, 0.25) is 0 Å². The standard InChI is InChI=1S/C16H25NO2/c1-3-19-16-10-5-4-8-14(16)12(2)17-15-9-6-7-13(15)11-18/h4-5,8,10,12-13,15,17-18H,3,6-7,9,11H2,1-2H3. The largest absolute Gasteiger partial charge is 0.494 e. The zero-order chi connectivity index (χ0) is 13.7. The fraction of sp³-hybridized carbons (Fsp3) is 0.625. The molecule has 2 rings (SSSR count). The topological polar surface area (TPSA) is 41.5 Å². The molecule has 0 heterocycles. The summed E-state index contributed by atoms with van der Waals surface area (Å²) in [5.74, 6) is 1.37. The van der Waals surface area contributed by atoms with Crippen LogP contribution in [0.5, 0.6) is 5.75 Å². The van der Waals surface area contributed by atoms with E-state index in [1.807, 2.05) is 25.1 Å². The van der Waals surface area contributed by atoms with Crippen LogP contribution in [0.25, 0.3) is 0 Å². The molecule has 0 aliphatic heterocycles. The molecular formula is C16H25NO2. The first-order valence-corrected chi connectivity index (χ1v) is 7.34. The molecular weight excluding hydrogens is 238 g/mol. The molecule has 1 aromatic rings. The van der Waals surface area contributed by atoms with Gasteiger partial charge in [-0.15, -0.1) is 0 Å². The van der Waals surface area contributed by atoms with E-state index in [-0.39, 0.29) is 12.6 Å². The van der Waals surface area contributed by atoms with Crippen LogP contribution in [0.1, 0.15) is 44.7 Å². The van der Waals surface area contributed by atoms with Gasteiger partial charge in [-0.25, -0.2) is 0 Å². The summed E-state index contributed by atoms with van der Waals surface area (Å²) in [6.45, 7) is 5.15.